The maximum atomic E-state index is 5.17. The lowest BCUT2D eigenvalue weighted by atomic mass is 10.3. The highest BCUT2D eigenvalue weighted by molar-refractivity contribution is 5.46. The van der Waals surface area contributed by atoms with Crippen LogP contribution < -0.4 is 5.32 Å². The molecule has 1 aromatic heterocycles. The predicted molar refractivity (Wildman–Crippen MR) is 59.1 cm³/mol. The third-order valence-electron chi connectivity index (χ3n) is 2.05. The molecule has 3 heteroatoms. The van der Waals surface area contributed by atoms with Crippen molar-refractivity contribution in [2.24, 2.45) is 7.05 Å². The first-order chi connectivity index (χ1) is 6.77. The normalized spacial score (nSPS) is 9.79. The van der Waals surface area contributed by atoms with Crippen LogP contribution in [-0.4, -0.2) is 16.3 Å². The molecule has 3 nitrogen and oxygen atoms in total. The number of rotatable bonds is 5. The van der Waals surface area contributed by atoms with Crippen molar-refractivity contribution in [2.75, 3.05) is 11.9 Å². The van der Waals surface area contributed by atoms with Crippen LogP contribution in [-0.2, 0) is 13.5 Å². The van der Waals surface area contributed by atoms with Crippen molar-refractivity contribution in [3.05, 3.63) is 11.9 Å². The summed E-state index contributed by atoms with van der Waals surface area (Å²) in [4.78, 5) is 0. The van der Waals surface area contributed by atoms with Gasteiger partial charge in [0.25, 0.3) is 0 Å². The van der Waals surface area contributed by atoms with Crippen molar-refractivity contribution in [1.29, 1.82) is 0 Å². The van der Waals surface area contributed by atoms with Gasteiger partial charge in [0, 0.05) is 26.2 Å². The highest BCUT2D eigenvalue weighted by atomic mass is 15.3. The number of nitrogens with one attached hydrogen (secondary N) is 1. The third kappa shape index (κ3) is 2.81. The van der Waals surface area contributed by atoms with Crippen molar-refractivity contribution in [3.63, 3.8) is 0 Å². The van der Waals surface area contributed by atoms with Crippen LogP contribution >= 0.6 is 0 Å². The smallest absolute Gasteiger partial charge is 0.0853 e. The molecule has 0 bridgehead atoms. The minimum absolute atomic E-state index is 0.828. The number of terminal acetylenes is 1. The highest BCUT2D eigenvalue weighted by Crippen LogP contribution is 2.13. The summed E-state index contributed by atoms with van der Waals surface area (Å²) < 4.78 is 1.84. The van der Waals surface area contributed by atoms with Crippen molar-refractivity contribution < 1.29 is 0 Å². The Morgan fingerprint density at radius 3 is 3.07 bits per heavy atom. The number of aryl methyl sites for hydroxylation is 2. The fraction of sp³-hybridized carbons (Fsp3) is 0.545. The summed E-state index contributed by atoms with van der Waals surface area (Å²) in [5.74, 6) is 2.63. The maximum absolute atomic E-state index is 5.17. The number of anilines is 1. The summed E-state index contributed by atoms with van der Waals surface area (Å²) in [7, 11) is 1.94. The first kappa shape index (κ1) is 10.6. The van der Waals surface area contributed by atoms with Crippen LogP contribution in [0.25, 0.3) is 0 Å². The molecule has 1 heterocycles. The number of aromatic nitrogens is 2. The van der Waals surface area contributed by atoms with Crippen molar-refractivity contribution >= 4 is 5.69 Å². The zero-order valence-electron chi connectivity index (χ0n) is 8.88. The molecule has 0 aliphatic carbocycles. The molecule has 1 N–H and O–H groups in total. The minimum Gasteiger partial charge on any atom is -0.382 e. The van der Waals surface area contributed by atoms with E-state index in [9.17, 15) is 0 Å². The summed E-state index contributed by atoms with van der Waals surface area (Å²) in [5.41, 5.74) is 2.25. The van der Waals surface area contributed by atoms with Gasteiger partial charge in [0.2, 0.25) is 0 Å². The molecule has 0 amide bonds. The summed E-state index contributed by atoms with van der Waals surface area (Å²) in [5, 5.41) is 7.68. The molecule has 0 saturated heterocycles. The van der Waals surface area contributed by atoms with Gasteiger partial charge in [0.15, 0.2) is 0 Å². The summed E-state index contributed by atoms with van der Waals surface area (Å²) in [6, 6.07) is 0. The number of hydrogen-bond donors (Lipinski definition) is 1. The van der Waals surface area contributed by atoms with Gasteiger partial charge in [-0.15, -0.1) is 12.3 Å². The molecule has 0 fully saturated rings. The monoisotopic (exact) mass is 191 g/mol. The van der Waals surface area contributed by atoms with Gasteiger partial charge >= 0.3 is 0 Å². The van der Waals surface area contributed by atoms with Gasteiger partial charge in [-0.3, -0.25) is 4.68 Å². The third-order valence-corrected chi connectivity index (χ3v) is 2.05. The van der Waals surface area contributed by atoms with Gasteiger partial charge in [0.05, 0.1) is 11.4 Å². The molecule has 0 aliphatic heterocycles. The highest BCUT2D eigenvalue weighted by Gasteiger charge is 2.03. The first-order valence-electron chi connectivity index (χ1n) is 4.97. The van der Waals surface area contributed by atoms with Crippen LogP contribution in [0.3, 0.4) is 0 Å². The lowest BCUT2D eigenvalue weighted by Crippen LogP contribution is -2.02. The number of nitrogens with zero attached hydrogens (tertiary/aromatic N) is 2. The van der Waals surface area contributed by atoms with Crippen LogP contribution in [0, 0.1) is 12.3 Å². The lowest BCUT2D eigenvalue weighted by molar-refractivity contribution is 0.746. The van der Waals surface area contributed by atoms with Gasteiger partial charge in [-0.2, -0.15) is 5.10 Å². The Kier molecular flexibility index (Phi) is 4.06. The fourth-order valence-electron chi connectivity index (χ4n) is 1.36. The quantitative estimate of drug-likeness (QED) is 0.568. The molecular formula is C11H17N3. The molecule has 14 heavy (non-hydrogen) atoms. The van der Waals surface area contributed by atoms with E-state index >= 15 is 0 Å². The Bertz CT molecular complexity index is 320. The van der Waals surface area contributed by atoms with E-state index in [-0.39, 0.29) is 0 Å². The molecule has 1 aromatic rings. The van der Waals surface area contributed by atoms with E-state index in [1.807, 2.05) is 17.9 Å². The van der Waals surface area contributed by atoms with Gasteiger partial charge in [-0.05, 0) is 12.8 Å². The Morgan fingerprint density at radius 2 is 2.43 bits per heavy atom. The topological polar surface area (TPSA) is 29.9 Å². The zero-order chi connectivity index (χ0) is 10.4. The second-order valence-corrected chi connectivity index (χ2v) is 3.25. The van der Waals surface area contributed by atoms with E-state index in [4.69, 9.17) is 6.42 Å². The molecule has 0 atom stereocenters. The van der Waals surface area contributed by atoms with Crippen molar-refractivity contribution in [1.82, 2.24) is 9.78 Å². The fourth-order valence-corrected chi connectivity index (χ4v) is 1.36. The standard InChI is InChI=1S/C11H17N3/c1-4-6-7-8-12-11-9-14(3)13-10(11)5-2/h1,9,12H,5-8H2,2-3H3. The average molecular weight is 191 g/mol. The first-order valence-corrected chi connectivity index (χ1v) is 4.97. The summed E-state index contributed by atoms with van der Waals surface area (Å²) >= 11 is 0. The Labute approximate surface area is 85.5 Å². The van der Waals surface area contributed by atoms with E-state index in [1.54, 1.807) is 0 Å². The molecule has 1 rings (SSSR count). The molecule has 0 unspecified atom stereocenters. The van der Waals surface area contributed by atoms with E-state index in [0.29, 0.717) is 0 Å². The molecular weight excluding hydrogens is 174 g/mol. The average Bonchev–Trinajstić information content (AvgIpc) is 2.54. The van der Waals surface area contributed by atoms with Crippen molar-refractivity contribution in [2.45, 2.75) is 26.2 Å². The Morgan fingerprint density at radius 1 is 1.64 bits per heavy atom. The van der Waals surface area contributed by atoms with Crippen LogP contribution in [0.5, 0.6) is 0 Å². The van der Waals surface area contributed by atoms with Crippen LogP contribution in [0.4, 0.5) is 5.69 Å². The zero-order valence-corrected chi connectivity index (χ0v) is 8.88. The molecule has 0 spiro atoms. The predicted octanol–water partition coefficient (Wildman–Crippen LogP) is 1.81. The van der Waals surface area contributed by atoms with Crippen LogP contribution in [0.15, 0.2) is 6.20 Å². The molecule has 0 aromatic carbocycles. The number of hydrogen-bond acceptors (Lipinski definition) is 2. The van der Waals surface area contributed by atoms with Crippen LogP contribution in [0.2, 0.25) is 0 Å². The Balaban J connectivity index is 2.45. The summed E-state index contributed by atoms with van der Waals surface area (Å²) in [6.45, 7) is 3.03. The second-order valence-electron chi connectivity index (χ2n) is 3.25. The lowest BCUT2D eigenvalue weighted by Gasteiger charge is -2.02. The van der Waals surface area contributed by atoms with Crippen LogP contribution in [0.1, 0.15) is 25.5 Å². The second kappa shape index (κ2) is 5.33. The van der Waals surface area contributed by atoms with Crippen molar-refractivity contribution in [3.8, 4) is 12.3 Å². The largest absolute Gasteiger partial charge is 0.382 e. The summed E-state index contributed by atoms with van der Waals surface area (Å²) in [6.07, 6.45) is 9.98. The Hall–Kier alpha value is -1.43. The van der Waals surface area contributed by atoms with E-state index in [2.05, 4.69) is 23.3 Å². The minimum atomic E-state index is 0.828. The van der Waals surface area contributed by atoms with E-state index < -0.39 is 0 Å². The molecule has 0 saturated carbocycles. The van der Waals surface area contributed by atoms with Gasteiger partial charge in [-0.25, -0.2) is 0 Å². The molecule has 0 aliphatic rings. The van der Waals surface area contributed by atoms with Gasteiger partial charge in [0.1, 0.15) is 0 Å². The molecule has 0 radical (unpaired) electrons. The SMILES string of the molecule is C#CCCCNc1cn(C)nc1CC. The van der Waals surface area contributed by atoms with Gasteiger partial charge in [-0.1, -0.05) is 6.92 Å². The molecule has 76 valence electrons. The number of unbranched alkanes of at least 4 members (excludes halogenated alkanes) is 1. The van der Waals surface area contributed by atoms with E-state index in [1.165, 1.54) is 0 Å². The van der Waals surface area contributed by atoms with E-state index in [0.717, 1.165) is 37.2 Å². The van der Waals surface area contributed by atoms with Gasteiger partial charge < -0.3 is 5.32 Å². The maximum Gasteiger partial charge on any atom is 0.0853 e.